The maximum Gasteiger partial charge on any atom is 0.317 e. The summed E-state index contributed by atoms with van der Waals surface area (Å²) in [6.45, 7) is 3.93. The molecule has 1 aromatic carbocycles. The van der Waals surface area contributed by atoms with Gasteiger partial charge in [0.15, 0.2) is 11.6 Å². The van der Waals surface area contributed by atoms with Crippen LogP contribution in [0.4, 0.5) is 9.18 Å². The Kier molecular flexibility index (Phi) is 6.26. The van der Waals surface area contributed by atoms with Crippen LogP contribution in [-0.2, 0) is 9.84 Å². The van der Waals surface area contributed by atoms with E-state index in [-0.39, 0.29) is 35.4 Å². The van der Waals surface area contributed by atoms with Crippen LogP contribution in [0.3, 0.4) is 0 Å². The van der Waals surface area contributed by atoms with Gasteiger partial charge < -0.3 is 15.0 Å². The molecule has 0 aromatic heterocycles. The number of hydrogen-bond donors (Lipinski definition) is 1. The van der Waals surface area contributed by atoms with Gasteiger partial charge in [-0.05, 0) is 44.4 Å². The first-order valence-corrected chi connectivity index (χ1v) is 10.2. The van der Waals surface area contributed by atoms with E-state index < -0.39 is 15.7 Å². The number of halogens is 1. The van der Waals surface area contributed by atoms with Crippen LogP contribution >= 0.6 is 0 Å². The highest BCUT2D eigenvalue weighted by Gasteiger charge is 2.29. The molecule has 0 aliphatic carbocycles. The lowest BCUT2D eigenvalue weighted by Crippen LogP contribution is -2.47. The smallest absolute Gasteiger partial charge is 0.317 e. The summed E-state index contributed by atoms with van der Waals surface area (Å²) in [4.78, 5) is 13.9. The second kappa shape index (κ2) is 8.03. The number of amides is 2. The molecule has 0 unspecified atom stereocenters. The fourth-order valence-corrected chi connectivity index (χ4v) is 4.33. The van der Waals surface area contributed by atoms with Crippen LogP contribution in [-0.4, -0.2) is 50.6 Å². The van der Waals surface area contributed by atoms with Gasteiger partial charge >= 0.3 is 6.03 Å². The van der Waals surface area contributed by atoms with Gasteiger partial charge in [-0.3, -0.25) is 0 Å². The fraction of sp³-hybridized carbons (Fsp3) is 0.588. The lowest BCUT2D eigenvalue weighted by molar-refractivity contribution is 0.182. The van der Waals surface area contributed by atoms with Gasteiger partial charge in [0.2, 0.25) is 0 Å². The zero-order valence-corrected chi connectivity index (χ0v) is 15.6. The third-order valence-corrected chi connectivity index (χ3v) is 6.20. The maximum atomic E-state index is 14.0. The molecule has 1 aromatic rings. The van der Waals surface area contributed by atoms with Gasteiger partial charge in [-0.15, -0.1) is 0 Å². The summed E-state index contributed by atoms with van der Waals surface area (Å²) >= 11 is 0. The number of carbonyl (C=O) groups excluding carboxylic acids is 1. The lowest BCUT2D eigenvalue weighted by atomic mass is 10.1. The summed E-state index contributed by atoms with van der Waals surface area (Å²) in [5.74, 6) is -0.0687. The molecule has 25 heavy (non-hydrogen) atoms. The van der Waals surface area contributed by atoms with Crippen molar-refractivity contribution in [2.75, 3.05) is 25.2 Å². The van der Waals surface area contributed by atoms with E-state index in [2.05, 4.69) is 5.32 Å². The van der Waals surface area contributed by atoms with Crippen molar-refractivity contribution in [2.45, 2.75) is 38.8 Å². The Morgan fingerprint density at radius 2 is 2.04 bits per heavy atom. The van der Waals surface area contributed by atoms with Crippen LogP contribution in [0.5, 0.6) is 5.75 Å². The third kappa shape index (κ3) is 5.07. The number of nitrogens with one attached hydrogen (secondary N) is 1. The highest BCUT2D eigenvalue weighted by Crippen LogP contribution is 2.23. The molecule has 0 bridgehead atoms. The summed E-state index contributed by atoms with van der Waals surface area (Å²) in [6, 6.07) is 3.83. The summed E-state index contributed by atoms with van der Waals surface area (Å²) in [5, 5.41) is 2.82. The predicted octanol–water partition coefficient (Wildman–Crippen LogP) is 2.50. The second-order valence-electron chi connectivity index (χ2n) is 6.29. The van der Waals surface area contributed by atoms with E-state index in [4.69, 9.17) is 4.74 Å². The molecular formula is C17H25FN2O4S. The molecule has 6 nitrogen and oxygen atoms in total. The van der Waals surface area contributed by atoms with E-state index >= 15 is 0 Å². The van der Waals surface area contributed by atoms with Crippen molar-refractivity contribution in [1.82, 2.24) is 10.2 Å². The van der Waals surface area contributed by atoms with E-state index in [1.54, 1.807) is 33.0 Å². The Balaban J connectivity index is 1.96. The Morgan fingerprint density at radius 1 is 1.40 bits per heavy atom. The SMILES string of the molecule is CCOc1ccc([C@H](C)NC(=O)N(C)C2CCS(=O)(=O)CC2)cc1F. The number of sulfone groups is 1. The number of urea groups is 1. The van der Waals surface area contributed by atoms with Crippen LogP contribution in [0.15, 0.2) is 18.2 Å². The highest BCUT2D eigenvalue weighted by molar-refractivity contribution is 7.91. The standard InChI is InChI=1S/C17H25FN2O4S/c1-4-24-16-6-5-13(11-15(16)18)12(2)19-17(21)20(3)14-7-9-25(22,23)10-8-14/h5-6,11-12,14H,4,7-10H2,1-3H3,(H,19,21)/t12-/m0/s1. The number of hydrogen-bond acceptors (Lipinski definition) is 4. The molecule has 1 aliphatic rings. The molecule has 140 valence electrons. The molecule has 8 heteroatoms. The molecule has 2 rings (SSSR count). The highest BCUT2D eigenvalue weighted by atomic mass is 32.2. The van der Waals surface area contributed by atoms with Crippen LogP contribution < -0.4 is 10.1 Å². The number of ether oxygens (including phenoxy) is 1. The molecule has 0 radical (unpaired) electrons. The minimum Gasteiger partial charge on any atom is -0.491 e. The minimum atomic E-state index is -2.97. The molecule has 0 spiro atoms. The second-order valence-corrected chi connectivity index (χ2v) is 8.59. The van der Waals surface area contributed by atoms with Gasteiger partial charge in [-0.2, -0.15) is 0 Å². The molecule has 1 saturated heterocycles. The van der Waals surface area contributed by atoms with Crippen molar-refractivity contribution in [3.8, 4) is 5.75 Å². The number of benzene rings is 1. The van der Waals surface area contributed by atoms with Crippen molar-refractivity contribution in [3.05, 3.63) is 29.6 Å². The quantitative estimate of drug-likeness (QED) is 0.862. The van der Waals surface area contributed by atoms with Crippen molar-refractivity contribution in [3.63, 3.8) is 0 Å². The molecule has 0 saturated carbocycles. The van der Waals surface area contributed by atoms with Gasteiger partial charge in [0.05, 0.1) is 24.2 Å². The van der Waals surface area contributed by atoms with Crippen molar-refractivity contribution >= 4 is 15.9 Å². The molecule has 2 amide bonds. The fourth-order valence-electron chi connectivity index (χ4n) is 2.86. The molecule has 1 fully saturated rings. The summed E-state index contributed by atoms with van der Waals surface area (Å²) in [6.07, 6.45) is 0.886. The minimum absolute atomic E-state index is 0.104. The van der Waals surface area contributed by atoms with Crippen LogP contribution in [0.2, 0.25) is 0 Å². The number of rotatable bonds is 5. The average Bonchev–Trinajstić information content (AvgIpc) is 2.56. The van der Waals surface area contributed by atoms with Gasteiger partial charge in [0, 0.05) is 13.1 Å². The topological polar surface area (TPSA) is 75.7 Å². The first-order valence-electron chi connectivity index (χ1n) is 8.39. The van der Waals surface area contributed by atoms with Gasteiger partial charge in [-0.1, -0.05) is 6.07 Å². The van der Waals surface area contributed by atoms with E-state index in [1.165, 1.54) is 11.0 Å². The first kappa shape index (κ1) is 19.5. The number of nitrogens with zero attached hydrogens (tertiary/aromatic N) is 1. The van der Waals surface area contributed by atoms with E-state index in [0.717, 1.165) is 0 Å². The van der Waals surface area contributed by atoms with Gasteiger partial charge in [0.1, 0.15) is 9.84 Å². The monoisotopic (exact) mass is 372 g/mol. The van der Waals surface area contributed by atoms with E-state index in [1.807, 2.05) is 0 Å². The van der Waals surface area contributed by atoms with Crippen molar-refractivity contribution in [1.29, 1.82) is 0 Å². The van der Waals surface area contributed by atoms with Crippen molar-refractivity contribution < 1.29 is 22.3 Å². The average molecular weight is 372 g/mol. The Labute approximate surface area is 148 Å². The van der Waals surface area contributed by atoms with Crippen LogP contribution in [0.25, 0.3) is 0 Å². The Bertz CT molecular complexity index is 709. The Hall–Kier alpha value is -1.83. The Morgan fingerprint density at radius 3 is 2.60 bits per heavy atom. The first-order chi connectivity index (χ1) is 11.7. The zero-order valence-electron chi connectivity index (χ0n) is 14.8. The third-order valence-electron chi connectivity index (χ3n) is 4.49. The molecule has 1 heterocycles. The zero-order chi connectivity index (χ0) is 18.6. The summed E-state index contributed by atoms with van der Waals surface area (Å²) in [5.41, 5.74) is 0.633. The van der Waals surface area contributed by atoms with E-state index in [0.29, 0.717) is 25.0 Å². The predicted molar refractivity (Wildman–Crippen MR) is 94.0 cm³/mol. The molecule has 1 atom stereocenters. The van der Waals surface area contributed by atoms with Gasteiger partial charge in [0.25, 0.3) is 0 Å². The maximum absolute atomic E-state index is 14.0. The molecule has 1 N–H and O–H groups in total. The van der Waals surface area contributed by atoms with Crippen molar-refractivity contribution in [2.24, 2.45) is 0 Å². The molecule has 1 aliphatic heterocycles. The van der Waals surface area contributed by atoms with Crippen LogP contribution in [0.1, 0.15) is 38.3 Å². The largest absolute Gasteiger partial charge is 0.491 e. The summed E-state index contributed by atoms with van der Waals surface area (Å²) < 4.78 is 42.1. The van der Waals surface area contributed by atoms with Crippen LogP contribution in [0, 0.1) is 5.82 Å². The normalized spacial score (nSPS) is 18.4. The number of carbonyl (C=O) groups is 1. The lowest BCUT2D eigenvalue weighted by Gasteiger charge is -2.32. The molecular weight excluding hydrogens is 347 g/mol. The summed E-state index contributed by atoms with van der Waals surface area (Å²) in [7, 11) is -1.31. The van der Waals surface area contributed by atoms with Gasteiger partial charge in [-0.25, -0.2) is 17.6 Å². The van der Waals surface area contributed by atoms with E-state index in [9.17, 15) is 17.6 Å².